The molecule has 0 heterocycles. The average Bonchev–Trinajstić information content (AvgIpc) is 2.16. The molecule has 82 valence electrons. The molecule has 1 aromatic rings. The molecule has 0 saturated carbocycles. The highest BCUT2D eigenvalue weighted by Crippen LogP contribution is 2.20. The third-order valence-corrected chi connectivity index (χ3v) is 1.52. The second kappa shape index (κ2) is 4.68. The van der Waals surface area contributed by atoms with E-state index in [-0.39, 0.29) is 5.75 Å². The second-order valence-corrected chi connectivity index (χ2v) is 2.72. The van der Waals surface area contributed by atoms with Crippen molar-refractivity contribution in [1.82, 2.24) is 0 Å². The van der Waals surface area contributed by atoms with Crippen LogP contribution in [0.4, 0.5) is 13.2 Å². The van der Waals surface area contributed by atoms with Crippen LogP contribution < -0.4 is 10.6 Å². The van der Waals surface area contributed by atoms with Crippen LogP contribution in [0, 0.1) is 0 Å². The third-order valence-electron chi connectivity index (χ3n) is 1.52. The van der Waals surface area contributed by atoms with E-state index >= 15 is 0 Å². The Morgan fingerprint density at radius 2 is 2.00 bits per heavy atom. The van der Waals surface area contributed by atoms with Crippen molar-refractivity contribution in [2.45, 2.75) is 6.18 Å². The van der Waals surface area contributed by atoms with E-state index in [0.717, 1.165) is 0 Å². The number of benzene rings is 1. The predicted molar refractivity (Wildman–Crippen MR) is 49.8 cm³/mol. The number of halogens is 3. The second-order valence-electron chi connectivity index (χ2n) is 2.72. The van der Waals surface area contributed by atoms with E-state index < -0.39 is 12.8 Å². The van der Waals surface area contributed by atoms with E-state index in [1.165, 1.54) is 12.3 Å². The van der Waals surface area contributed by atoms with Crippen molar-refractivity contribution in [3.8, 4) is 5.75 Å². The minimum Gasteiger partial charge on any atom is -0.483 e. The van der Waals surface area contributed by atoms with Gasteiger partial charge in [0.05, 0.1) is 6.21 Å². The zero-order valence-electron chi connectivity index (χ0n) is 7.66. The summed E-state index contributed by atoms with van der Waals surface area (Å²) in [6.07, 6.45) is -3.13. The summed E-state index contributed by atoms with van der Waals surface area (Å²) >= 11 is 0. The lowest BCUT2D eigenvalue weighted by atomic mass is 10.2. The predicted octanol–water partition coefficient (Wildman–Crippen LogP) is 1.92. The first-order chi connectivity index (χ1) is 7.03. The molecule has 0 aliphatic heterocycles. The number of nitrogens with two attached hydrogens (primary N) is 1. The monoisotopic (exact) mass is 218 g/mol. The van der Waals surface area contributed by atoms with Gasteiger partial charge in [-0.2, -0.15) is 18.3 Å². The molecule has 1 rings (SSSR count). The fourth-order valence-corrected chi connectivity index (χ4v) is 0.959. The van der Waals surface area contributed by atoms with E-state index in [4.69, 9.17) is 5.84 Å². The average molecular weight is 218 g/mol. The lowest BCUT2D eigenvalue weighted by Crippen LogP contribution is -2.19. The highest BCUT2D eigenvalue weighted by Gasteiger charge is 2.28. The van der Waals surface area contributed by atoms with Crippen molar-refractivity contribution in [1.29, 1.82) is 0 Å². The lowest BCUT2D eigenvalue weighted by molar-refractivity contribution is -0.153. The van der Waals surface area contributed by atoms with Gasteiger partial charge >= 0.3 is 6.18 Å². The lowest BCUT2D eigenvalue weighted by Gasteiger charge is -2.10. The quantitative estimate of drug-likeness (QED) is 0.478. The van der Waals surface area contributed by atoms with Crippen LogP contribution in [0.2, 0.25) is 0 Å². The van der Waals surface area contributed by atoms with Crippen molar-refractivity contribution in [2.75, 3.05) is 6.61 Å². The minimum atomic E-state index is -4.35. The number of ether oxygens (including phenoxy) is 1. The molecule has 0 bridgehead atoms. The van der Waals surface area contributed by atoms with E-state index in [1.54, 1.807) is 18.2 Å². The summed E-state index contributed by atoms with van der Waals surface area (Å²) in [7, 11) is 0. The number of alkyl halides is 3. The first-order valence-corrected chi connectivity index (χ1v) is 4.05. The number of hydrogen-bond acceptors (Lipinski definition) is 3. The summed E-state index contributed by atoms with van der Waals surface area (Å²) in [6, 6.07) is 6.20. The van der Waals surface area contributed by atoms with Crippen molar-refractivity contribution >= 4 is 6.21 Å². The van der Waals surface area contributed by atoms with Gasteiger partial charge in [0.2, 0.25) is 0 Å². The molecule has 2 N–H and O–H groups in total. The summed E-state index contributed by atoms with van der Waals surface area (Å²) in [5.41, 5.74) is 0.407. The van der Waals surface area contributed by atoms with Crippen LogP contribution in [-0.4, -0.2) is 19.0 Å². The van der Waals surface area contributed by atoms with Crippen LogP contribution in [0.25, 0.3) is 0 Å². The van der Waals surface area contributed by atoms with Gasteiger partial charge < -0.3 is 10.6 Å². The maximum absolute atomic E-state index is 11.9. The summed E-state index contributed by atoms with van der Waals surface area (Å²) in [4.78, 5) is 0. The summed E-state index contributed by atoms with van der Waals surface area (Å²) < 4.78 is 40.2. The Kier molecular flexibility index (Phi) is 3.54. The van der Waals surface area contributed by atoms with E-state index in [1.807, 2.05) is 0 Å². The zero-order chi connectivity index (χ0) is 11.3. The number of hydrogen-bond donors (Lipinski definition) is 1. The van der Waals surface area contributed by atoms with Crippen LogP contribution in [0.15, 0.2) is 29.4 Å². The van der Waals surface area contributed by atoms with Crippen molar-refractivity contribution in [2.24, 2.45) is 10.9 Å². The molecule has 0 radical (unpaired) electrons. The highest BCUT2D eigenvalue weighted by atomic mass is 19.4. The molecule has 0 aliphatic carbocycles. The number of rotatable bonds is 3. The molecular formula is C9H9F3N2O. The van der Waals surface area contributed by atoms with Gasteiger partial charge in [-0.15, -0.1) is 0 Å². The normalized spacial score (nSPS) is 11.9. The van der Waals surface area contributed by atoms with Gasteiger partial charge in [-0.1, -0.05) is 12.1 Å². The molecule has 0 fully saturated rings. The Morgan fingerprint density at radius 3 is 2.60 bits per heavy atom. The van der Waals surface area contributed by atoms with E-state index in [2.05, 4.69) is 9.84 Å². The Bertz CT molecular complexity index is 349. The molecule has 15 heavy (non-hydrogen) atoms. The summed E-state index contributed by atoms with van der Waals surface area (Å²) in [5.74, 6) is 5.00. The van der Waals surface area contributed by atoms with Crippen LogP contribution in [0.3, 0.4) is 0 Å². The van der Waals surface area contributed by atoms with Crippen molar-refractivity contribution in [3.63, 3.8) is 0 Å². The van der Waals surface area contributed by atoms with Crippen molar-refractivity contribution < 1.29 is 17.9 Å². The maximum atomic E-state index is 11.9. The fraction of sp³-hybridized carbons (Fsp3) is 0.222. The molecule has 3 nitrogen and oxygen atoms in total. The largest absolute Gasteiger partial charge is 0.483 e. The van der Waals surface area contributed by atoms with Crippen LogP contribution in [0.5, 0.6) is 5.75 Å². The van der Waals surface area contributed by atoms with Crippen LogP contribution in [0.1, 0.15) is 5.56 Å². The summed E-state index contributed by atoms with van der Waals surface area (Å²) in [6.45, 7) is -1.33. The zero-order valence-corrected chi connectivity index (χ0v) is 7.66. The van der Waals surface area contributed by atoms with Gasteiger partial charge in [0.25, 0.3) is 0 Å². The Labute approximate surface area is 84.3 Å². The molecule has 1 aromatic carbocycles. The SMILES string of the molecule is NN=Cc1ccccc1OCC(F)(F)F. The highest BCUT2D eigenvalue weighted by molar-refractivity contribution is 5.83. The van der Waals surface area contributed by atoms with Gasteiger partial charge in [-0.25, -0.2) is 0 Å². The van der Waals surface area contributed by atoms with Gasteiger partial charge in [-0.3, -0.25) is 0 Å². The molecule has 0 saturated heterocycles. The first kappa shape index (κ1) is 11.4. The number of nitrogens with zero attached hydrogens (tertiary/aromatic N) is 1. The molecule has 0 aliphatic rings. The standard InChI is InChI=1S/C9H9F3N2O/c10-9(11,12)6-15-8-4-2-1-3-7(8)5-14-13/h1-5H,6,13H2. The topological polar surface area (TPSA) is 47.6 Å². The van der Waals surface area contributed by atoms with Crippen LogP contribution in [-0.2, 0) is 0 Å². The minimum absolute atomic E-state index is 0.101. The molecule has 0 unspecified atom stereocenters. The van der Waals surface area contributed by atoms with Crippen LogP contribution >= 0.6 is 0 Å². The van der Waals surface area contributed by atoms with Gasteiger partial charge in [0.15, 0.2) is 6.61 Å². The molecule has 6 heteroatoms. The first-order valence-electron chi connectivity index (χ1n) is 4.05. The molecule has 0 amide bonds. The fourth-order valence-electron chi connectivity index (χ4n) is 0.959. The van der Waals surface area contributed by atoms with E-state index in [9.17, 15) is 13.2 Å². The van der Waals surface area contributed by atoms with Gasteiger partial charge in [0, 0.05) is 5.56 Å². The Hall–Kier alpha value is -1.72. The molecule has 0 aromatic heterocycles. The third kappa shape index (κ3) is 3.88. The molecule has 0 atom stereocenters. The van der Waals surface area contributed by atoms with E-state index in [0.29, 0.717) is 5.56 Å². The van der Waals surface area contributed by atoms with Crippen molar-refractivity contribution in [3.05, 3.63) is 29.8 Å². The smallest absolute Gasteiger partial charge is 0.422 e. The Balaban J connectivity index is 2.76. The number of para-hydroxylation sites is 1. The molecule has 0 spiro atoms. The van der Waals surface area contributed by atoms with Gasteiger partial charge in [0.1, 0.15) is 5.75 Å². The molecular weight excluding hydrogens is 209 g/mol. The Morgan fingerprint density at radius 1 is 1.33 bits per heavy atom. The number of hydrazone groups is 1. The van der Waals surface area contributed by atoms with Gasteiger partial charge in [-0.05, 0) is 12.1 Å². The maximum Gasteiger partial charge on any atom is 0.422 e. The summed E-state index contributed by atoms with van der Waals surface area (Å²) in [5, 5.41) is 3.22.